The van der Waals surface area contributed by atoms with E-state index in [1.165, 1.54) is 12.8 Å². The lowest BCUT2D eigenvalue weighted by Gasteiger charge is -2.37. The molecule has 3 rings (SSSR count). The monoisotopic (exact) mass is 359 g/mol. The zero-order valence-corrected chi connectivity index (χ0v) is 16.5. The van der Waals surface area contributed by atoms with Gasteiger partial charge in [-0.3, -0.25) is 4.79 Å². The highest BCUT2D eigenvalue weighted by Crippen LogP contribution is 2.22. The third kappa shape index (κ3) is 4.27. The highest BCUT2D eigenvalue weighted by molar-refractivity contribution is 5.79. The third-order valence-corrected chi connectivity index (χ3v) is 5.99. The summed E-state index contributed by atoms with van der Waals surface area (Å²) in [6.45, 7) is 11.9. The molecule has 2 fully saturated rings. The fraction of sp³-hybridized carbons (Fsp3) is 0.750. The molecule has 0 N–H and O–H groups in total. The predicted molar refractivity (Wildman–Crippen MR) is 106 cm³/mol. The summed E-state index contributed by atoms with van der Waals surface area (Å²) in [4.78, 5) is 19.1. The first-order valence-corrected chi connectivity index (χ1v) is 10.2. The van der Waals surface area contributed by atoms with Crippen LogP contribution in [0.25, 0.3) is 0 Å². The minimum Gasteiger partial charge on any atom is -0.355 e. The van der Waals surface area contributed by atoms with Crippen LogP contribution in [0, 0.1) is 11.8 Å². The van der Waals surface area contributed by atoms with Crippen LogP contribution in [-0.2, 0) is 4.79 Å². The second-order valence-corrected chi connectivity index (χ2v) is 7.75. The Morgan fingerprint density at radius 1 is 0.962 bits per heavy atom. The molecule has 6 heteroatoms. The van der Waals surface area contributed by atoms with Crippen molar-refractivity contribution in [2.45, 2.75) is 46.5 Å². The molecule has 2 aliphatic heterocycles. The molecule has 3 heterocycles. The summed E-state index contributed by atoms with van der Waals surface area (Å²) >= 11 is 0. The number of piperazine rings is 1. The van der Waals surface area contributed by atoms with Crippen LogP contribution in [0.3, 0.4) is 0 Å². The molecule has 2 saturated heterocycles. The lowest BCUT2D eigenvalue weighted by atomic mass is 9.99. The van der Waals surface area contributed by atoms with Crippen molar-refractivity contribution in [2.24, 2.45) is 11.8 Å². The summed E-state index contributed by atoms with van der Waals surface area (Å²) in [6, 6.07) is 4.18. The van der Waals surface area contributed by atoms with Crippen LogP contribution in [0.2, 0.25) is 0 Å². The molecular formula is C20H33N5O. The third-order valence-electron chi connectivity index (χ3n) is 5.99. The second kappa shape index (κ2) is 8.69. The minimum atomic E-state index is 0.174. The Hall–Kier alpha value is -1.85. The average Bonchev–Trinajstić information content (AvgIpc) is 2.70. The molecule has 1 aromatic rings. The Morgan fingerprint density at radius 2 is 1.46 bits per heavy atom. The molecule has 0 radical (unpaired) electrons. The Labute approximate surface area is 157 Å². The first-order valence-electron chi connectivity index (χ1n) is 10.2. The Bertz CT molecular complexity index is 570. The van der Waals surface area contributed by atoms with Gasteiger partial charge in [-0.1, -0.05) is 20.8 Å². The average molecular weight is 360 g/mol. The van der Waals surface area contributed by atoms with Gasteiger partial charge in [0.05, 0.1) is 0 Å². The number of hydrogen-bond acceptors (Lipinski definition) is 5. The molecule has 0 bridgehead atoms. The lowest BCUT2D eigenvalue weighted by molar-refractivity contribution is -0.136. The number of hydrogen-bond donors (Lipinski definition) is 0. The van der Waals surface area contributed by atoms with Crippen molar-refractivity contribution in [1.82, 2.24) is 15.1 Å². The summed E-state index contributed by atoms with van der Waals surface area (Å²) in [7, 11) is 0. The predicted octanol–water partition coefficient (Wildman–Crippen LogP) is 2.80. The van der Waals surface area contributed by atoms with E-state index >= 15 is 0 Å². The number of carbonyl (C=O) groups is 1. The van der Waals surface area contributed by atoms with Crippen molar-refractivity contribution >= 4 is 17.5 Å². The first kappa shape index (κ1) is 18.9. The number of nitrogens with zero attached hydrogens (tertiary/aromatic N) is 5. The highest BCUT2D eigenvalue weighted by Gasteiger charge is 2.26. The van der Waals surface area contributed by atoms with Gasteiger partial charge in [-0.05, 0) is 43.7 Å². The molecule has 144 valence electrons. The van der Waals surface area contributed by atoms with Crippen LogP contribution in [0.1, 0.15) is 46.5 Å². The van der Waals surface area contributed by atoms with Crippen molar-refractivity contribution in [2.75, 3.05) is 49.1 Å². The van der Waals surface area contributed by atoms with E-state index in [0.29, 0.717) is 5.91 Å². The number of carbonyl (C=O) groups excluding carboxylic acids is 1. The van der Waals surface area contributed by atoms with Gasteiger partial charge in [0, 0.05) is 45.2 Å². The molecule has 26 heavy (non-hydrogen) atoms. The van der Waals surface area contributed by atoms with Crippen LogP contribution in [-0.4, -0.2) is 60.3 Å². The molecular weight excluding hydrogens is 326 g/mol. The summed E-state index contributed by atoms with van der Waals surface area (Å²) in [5.41, 5.74) is 0. The Morgan fingerprint density at radius 3 is 1.92 bits per heavy atom. The van der Waals surface area contributed by atoms with Crippen molar-refractivity contribution in [3.63, 3.8) is 0 Å². The SMILES string of the molecule is CCC(CC)C(=O)N1CCN(c2ccc(N3CCC(C)CC3)nn2)CC1. The van der Waals surface area contributed by atoms with Crippen LogP contribution >= 0.6 is 0 Å². The summed E-state index contributed by atoms with van der Waals surface area (Å²) in [6.07, 6.45) is 4.32. The maximum atomic E-state index is 12.5. The molecule has 1 amide bonds. The van der Waals surface area contributed by atoms with Gasteiger partial charge in [0.2, 0.25) is 5.91 Å². The van der Waals surface area contributed by atoms with Crippen molar-refractivity contribution in [3.05, 3.63) is 12.1 Å². The molecule has 6 nitrogen and oxygen atoms in total. The molecule has 0 saturated carbocycles. The van der Waals surface area contributed by atoms with E-state index in [9.17, 15) is 4.79 Å². The van der Waals surface area contributed by atoms with Gasteiger partial charge < -0.3 is 14.7 Å². The van der Waals surface area contributed by atoms with Gasteiger partial charge in [-0.2, -0.15) is 0 Å². The first-order chi connectivity index (χ1) is 12.6. The smallest absolute Gasteiger partial charge is 0.225 e. The normalized spacial score (nSPS) is 19.3. The topological polar surface area (TPSA) is 52.6 Å². The highest BCUT2D eigenvalue weighted by atomic mass is 16.2. The number of piperidine rings is 1. The number of amides is 1. The Balaban J connectivity index is 1.54. The maximum absolute atomic E-state index is 12.5. The van der Waals surface area contributed by atoms with Crippen molar-refractivity contribution < 1.29 is 4.79 Å². The van der Waals surface area contributed by atoms with E-state index in [0.717, 1.165) is 69.7 Å². The van der Waals surface area contributed by atoms with E-state index in [2.05, 4.69) is 52.9 Å². The molecule has 1 aromatic heterocycles. The molecule has 0 atom stereocenters. The van der Waals surface area contributed by atoms with Crippen molar-refractivity contribution in [1.29, 1.82) is 0 Å². The van der Waals surface area contributed by atoms with Gasteiger partial charge >= 0.3 is 0 Å². The van der Waals surface area contributed by atoms with E-state index in [4.69, 9.17) is 0 Å². The van der Waals surface area contributed by atoms with Gasteiger partial charge in [-0.25, -0.2) is 0 Å². The molecule has 2 aliphatic rings. The fourth-order valence-corrected chi connectivity index (χ4v) is 3.95. The van der Waals surface area contributed by atoms with E-state index in [1.54, 1.807) is 0 Å². The molecule has 0 spiro atoms. The summed E-state index contributed by atoms with van der Waals surface area (Å²) < 4.78 is 0. The summed E-state index contributed by atoms with van der Waals surface area (Å²) in [5, 5.41) is 8.93. The van der Waals surface area contributed by atoms with Crippen molar-refractivity contribution in [3.8, 4) is 0 Å². The van der Waals surface area contributed by atoms with Crippen LogP contribution < -0.4 is 9.80 Å². The van der Waals surface area contributed by atoms with Crippen LogP contribution in [0.4, 0.5) is 11.6 Å². The minimum absolute atomic E-state index is 0.174. The van der Waals surface area contributed by atoms with Gasteiger partial charge in [0.15, 0.2) is 11.6 Å². The molecule has 0 aromatic carbocycles. The standard InChI is InChI=1S/C20H33N5O/c1-4-17(5-2)20(26)25-14-12-24(13-15-25)19-7-6-18(21-22-19)23-10-8-16(3)9-11-23/h6-7,16-17H,4-5,8-15H2,1-3H3. The van der Waals surface area contributed by atoms with E-state index in [-0.39, 0.29) is 5.92 Å². The largest absolute Gasteiger partial charge is 0.355 e. The second-order valence-electron chi connectivity index (χ2n) is 7.75. The quantitative estimate of drug-likeness (QED) is 0.809. The lowest BCUT2D eigenvalue weighted by Crippen LogP contribution is -2.50. The fourth-order valence-electron chi connectivity index (χ4n) is 3.95. The summed E-state index contributed by atoms with van der Waals surface area (Å²) in [5.74, 6) is 3.22. The van der Waals surface area contributed by atoms with E-state index in [1.807, 2.05) is 4.90 Å². The maximum Gasteiger partial charge on any atom is 0.225 e. The van der Waals surface area contributed by atoms with Crippen LogP contribution in [0.5, 0.6) is 0 Å². The van der Waals surface area contributed by atoms with E-state index < -0.39 is 0 Å². The molecule has 0 unspecified atom stereocenters. The van der Waals surface area contributed by atoms with Gasteiger partial charge in [0.1, 0.15) is 0 Å². The zero-order valence-electron chi connectivity index (χ0n) is 16.5. The van der Waals surface area contributed by atoms with Gasteiger partial charge in [-0.15, -0.1) is 10.2 Å². The van der Waals surface area contributed by atoms with Crippen LogP contribution in [0.15, 0.2) is 12.1 Å². The molecule has 0 aliphatic carbocycles. The number of rotatable bonds is 5. The Kier molecular flexibility index (Phi) is 6.33. The van der Waals surface area contributed by atoms with Gasteiger partial charge in [0.25, 0.3) is 0 Å². The zero-order chi connectivity index (χ0) is 18.5. The number of aromatic nitrogens is 2. The number of anilines is 2.